The minimum Gasteiger partial charge on any atom is -0.356 e. The van der Waals surface area contributed by atoms with E-state index in [1.807, 2.05) is 31.2 Å². The normalized spacial score (nSPS) is 18.2. The lowest BCUT2D eigenvalue weighted by Gasteiger charge is -2.09. The Labute approximate surface area is 158 Å². The smallest absolute Gasteiger partial charge is 0.228 e. The van der Waals surface area contributed by atoms with Crippen LogP contribution in [0.25, 0.3) is 0 Å². The van der Waals surface area contributed by atoms with Gasteiger partial charge < -0.3 is 10.6 Å². The SMILES string of the molecule is Cc1c(Cl)cccc1NC(=O)C1CC1C(=O)NCCCc1ccccc1. The molecule has 1 aliphatic carbocycles. The molecule has 2 amide bonds. The summed E-state index contributed by atoms with van der Waals surface area (Å²) in [4.78, 5) is 24.5. The number of hydrogen-bond acceptors (Lipinski definition) is 2. The Morgan fingerprint density at radius 3 is 2.54 bits per heavy atom. The maximum atomic E-state index is 12.3. The molecule has 0 saturated heterocycles. The molecule has 0 aliphatic heterocycles. The summed E-state index contributed by atoms with van der Waals surface area (Å²) >= 11 is 6.07. The van der Waals surface area contributed by atoms with Gasteiger partial charge in [0.25, 0.3) is 0 Å². The van der Waals surface area contributed by atoms with Crippen molar-refractivity contribution in [3.8, 4) is 0 Å². The molecule has 1 saturated carbocycles. The number of aryl methyl sites for hydroxylation is 1. The molecule has 26 heavy (non-hydrogen) atoms. The Balaban J connectivity index is 1.40. The molecule has 136 valence electrons. The molecule has 0 aromatic heterocycles. The van der Waals surface area contributed by atoms with Gasteiger partial charge in [-0.15, -0.1) is 0 Å². The number of carbonyl (C=O) groups is 2. The quantitative estimate of drug-likeness (QED) is 0.724. The van der Waals surface area contributed by atoms with Crippen molar-refractivity contribution in [2.45, 2.75) is 26.2 Å². The van der Waals surface area contributed by atoms with Crippen LogP contribution in [0.5, 0.6) is 0 Å². The van der Waals surface area contributed by atoms with E-state index in [1.165, 1.54) is 5.56 Å². The average molecular weight is 371 g/mol. The lowest BCUT2D eigenvalue weighted by atomic mass is 10.1. The predicted octanol–water partition coefficient (Wildman–Crippen LogP) is 3.97. The van der Waals surface area contributed by atoms with E-state index in [0.29, 0.717) is 23.7 Å². The lowest BCUT2D eigenvalue weighted by Crippen LogP contribution is -2.28. The van der Waals surface area contributed by atoms with E-state index in [2.05, 4.69) is 22.8 Å². The Kier molecular flexibility index (Phi) is 5.94. The molecule has 5 heteroatoms. The van der Waals surface area contributed by atoms with Gasteiger partial charge in [0.1, 0.15) is 0 Å². The molecule has 4 nitrogen and oxygen atoms in total. The molecule has 3 rings (SSSR count). The number of anilines is 1. The summed E-state index contributed by atoms with van der Waals surface area (Å²) in [7, 11) is 0. The van der Waals surface area contributed by atoms with E-state index in [9.17, 15) is 9.59 Å². The van der Waals surface area contributed by atoms with Crippen molar-refractivity contribution >= 4 is 29.1 Å². The van der Waals surface area contributed by atoms with Gasteiger partial charge in [0.15, 0.2) is 0 Å². The number of benzene rings is 2. The third-order valence-corrected chi connectivity index (χ3v) is 5.18. The monoisotopic (exact) mass is 370 g/mol. The minimum absolute atomic E-state index is 0.0268. The summed E-state index contributed by atoms with van der Waals surface area (Å²) in [6.07, 6.45) is 2.43. The van der Waals surface area contributed by atoms with Crippen LogP contribution in [0.2, 0.25) is 5.02 Å². The number of nitrogens with one attached hydrogen (secondary N) is 2. The summed E-state index contributed by atoms with van der Waals surface area (Å²) in [5.41, 5.74) is 2.81. The Bertz CT molecular complexity index is 792. The van der Waals surface area contributed by atoms with Gasteiger partial charge in [-0.25, -0.2) is 0 Å². The first-order chi connectivity index (χ1) is 12.6. The fourth-order valence-corrected chi connectivity index (χ4v) is 3.20. The van der Waals surface area contributed by atoms with Crippen LogP contribution < -0.4 is 10.6 Å². The van der Waals surface area contributed by atoms with Crippen LogP contribution in [0.3, 0.4) is 0 Å². The van der Waals surface area contributed by atoms with Gasteiger partial charge in [0.05, 0.1) is 11.8 Å². The zero-order valence-electron chi connectivity index (χ0n) is 14.8. The van der Waals surface area contributed by atoms with E-state index in [4.69, 9.17) is 11.6 Å². The molecule has 2 aromatic carbocycles. The molecular weight excluding hydrogens is 348 g/mol. The topological polar surface area (TPSA) is 58.2 Å². The lowest BCUT2D eigenvalue weighted by molar-refractivity contribution is -0.125. The molecule has 2 aromatic rings. The molecule has 2 unspecified atom stereocenters. The molecule has 1 fully saturated rings. The fourth-order valence-electron chi connectivity index (χ4n) is 3.02. The van der Waals surface area contributed by atoms with Gasteiger partial charge in [-0.1, -0.05) is 48.0 Å². The molecule has 0 heterocycles. The van der Waals surface area contributed by atoms with Crippen LogP contribution in [0.15, 0.2) is 48.5 Å². The van der Waals surface area contributed by atoms with Crippen LogP contribution >= 0.6 is 11.6 Å². The largest absolute Gasteiger partial charge is 0.356 e. The molecule has 0 spiro atoms. The van der Waals surface area contributed by atoms with E-state index in [1.54, 1.807) is 12.1 Å². The van der Waals surface area contributed by atoms with Crippen LogP contribution in [0, 0.1) is 18.8 Å². The molecule has 2 N–H and O–H groups in total. The van der Waals surface area contributed by atoms with Crippen molar-refractivity contribution in [1.82, 2.24) is 5.32 Å². The van der Waals surface area contributed by atoms with Crippen molar-refractivity contribution in [2.75, 3.05) is 11.9 Å². The summed E-state index contributed by atoms with van der Waals surface area (Å²) < 4.78 is 0. The third-order valence-electron chi connectivity index (χ3n) is 4.77. The fraction of sp³-hybridized carbons (Fsp3) is 0.333. The zero-order valence-corrected chi connectivity index (χ0v) is 15.6. The number of hydrogen-bond donors (Lipinski definition) is 2. The highest BCUT2D eigenvalue weighted by Gasteiger charge is 2.47. The van der Waals surface area contributed by atoms with E-state index in [-0.39, 0.29) is 23.7 Å². The van der Waals surface area contributed by atoms with E-state index >= 15 is 0 Å². The summed E-state index contributed by atoms with van der Waals surface area (Å²) in [5, 5.41) is 6.44. The first-order valence-electron chi connectivity index (χ1n) is 8.94. The molecule has 0 radical (unpaired) electrons. The first-order valence-corrected chi connectivity index (χ1v) is 9.31. The van der Waals surface area contributed by atoms with Gasteiger partial charge in [0, 0.05) is 17.3 Å². The highest BCUT2D eigenvalue weighted by Crippen LogP contribution is 2.39. The Morgan fingerprint density at radius 1 is 1.04 bits per heavy atom. The summed E-state index contributed by atoms with van der Waals surface area (Å²) in [5.74, 6) is -0.602. The van der Waals surface area contributed by atoms with Crippen molar-refractivity contribution in [3.05, 3.63) is 64.7 Å². The predicted molar refractivity (Wildman–Crippen MR) is 104 cm³/mol. The standard InChI is InChI=1S/C21H23ClN2O2/c1-14-18(22)10-5-11-19(14)24-21(26)17-13-16(17)20(25)23-12-6-9-15-7-3-2-4-8-15/h2-5,7-8,10-11,16-17H,6,9,12-13H2,1H3,(H,23,25)(H,24,26). The van der Waals surface area contributed by atoms with Crippen molar-refractivity contribution < 1.29 is 9.59 Å². The summed E-state index contributed by atoms with van der Waals surface area (Å²) in [6, 6.07) is 15.6. The second kappa shape index (κ2) is 8.37. The second-order valence-corrected chi connectivity index (χ2v) is 7.14. The maximum Gasteiger partial charge on any atom is 0.228 e. The van der Waals surface area contributed by atoms with E-state index < -0.39 is 0 Å². The number of halogens is 1. The van der Waals surface area contributed by atoms with Crippen molar-refractivity contribution in [2.24, 2.45) is 11.8 Å². The average Bonchev–Trinajstić information content (AvgIpc) is 3.44. The number of carbonyl (C=O) groups excluding carboxylic acids is 2. The molecule has 0 bridgehead atoms. The zero-order chi connectivity index (χ0) is 18.5. The van der Waals surface area contributed by atoms with Gasteiger partial charge in [-0.05, 0) is 49.4 Å². The number of amides is 2. The Morgan fingerprint density at radius 2 is 1.77 bits per heavy atom. The van der Waals surface area contributed by atoms with E-state index in [0.717, 1.165) is 18.4 Å². The van der Waals surface area contributed by atoms with Gasteiger partial charge >= 0.3 is 0 Å². The Hall–Kier alpha value is -2.33. The highest BCUT2D eigenvalue weighted by atomic mass is 35.5. The van der Waals surface area contributed by atoms with Crippen molar-refractivity contribution in [3.63, 3.8) is 0 Å². The molecule has 2 atom stereocenters. The molecule has 1 aliphatic rings. The number of rotatable bonds is 7. The van der Waals surface area contributed by atoms with Crippen LogP contribution in [0.1, 0.15) is 24.0 Å². The third kappa shape index (κ3) is 4.64. The summed E-state index contributed by atoms with van der Waals surface area (Å²) in [6.45, 7) is 2.49. The first kappa shape index (κ1) is 18.5. The highest BCUT2D eigenvalue weighted by molar-refractivity contribution is 6.31. The molecular formula is C21H23ClN2O2. The minimum atomic E-state index is -0.248. The van der Waals surface area contributed by atoms with Crippen LogP contribution in [-0.2, 0) is 16.0 Å². The maximum absolute atomic E-state index is 12.3. The second-order valence-electron chi connectivity index (χ2n) is 6.73. The van der Waals surface area contributed by atoms with Crippen LogP contribution in [-0.4, -0.2) is 18.4 Å². The van der Waals surface area contributed by atoms with Crippen molar-refractivity contribution in [1.29, 1.82) is 0 Å². The van der Waals surface area contributed by atoms with Gasteiger partial charge in [-0.2, -0.15) is 0 Å². The van der Waals surface area contributed by atoms with Crippen LogP contribution in [0.4, 0.5) is 5.69 Å². The van der Waals surface area contributed by atoms with Gasteiger partial charge in [-0.3, -0.25) is 9.59 Å². The van der Waals surface area contributed by atoms with Gasteiger partial charge in [0.2, 0.25) is 11.8 Å².